The number of nitrogens with zero attached hydrogens (tertiary/aromatic N) is 2. The zero-order valence-corrected chi connectivity index (χ0v) is 12.2. The SMILES string of the molecule is CN1OC(S(=O)(=O)c2ccccc2)=NC1c1ccccc1. The highest BCUT2D eigenvalue weighted by atomic mass is 32.2. The van der Waals surface area contributed by atoms with E-state index in [0.29, 0.717) is 0 Å². The summed E-state index contributed by atoms with van der Waals surface area (Å²) in [6.07, 6.45) is -0.459. The van der Waals surface area contributed by atoms with Crippen LogP contribution < -0.4 is 0 Å². The zero-order chi connectivity index (χ0) is 14.9. The third kappa shape index (κ3) is 2.55. The molecule has 1 atom stereocenters. The van der Waals surface area contributed by atoms with E-state index in [1.54, 1.807) is 25.2 Å². The lowest BCUT2D eigenvalue weighted by molar-refractivity contribution is -0.0550. The largest absolute Gasteiger partial charge is 0.371 e. The van der Waals surface area contributed by atoms with Crippen LogP contribution in [0.5, 0.6) is 0 Å². The van der Waals surface area contributed by atoms with E-state index < -0.39 is 16.0 Å². The van der Waals surface area contributed by atoms with E-state index >= 15 is 0 Å². The number of aliphatic imine (C=N–C) groups is 1. The van der Waals surface area contributed by atoms with Crippen LogP contribution in [0.25, 0.3) is 0 Å². The molecule has 0 aromatic heterocycles. The number of rotatable bonds is 2. The minimum Gasteiger partial charge on any atom is -0.371 e. The maximum absolute atomic E-state index is 12.5. The van der Waals surface area contributed by atoms with Gasteiger partial charge in [-0.1, -0.05) is 48.5 Å². The van der Waals surface area contributed by atoms with Gasteiger partial charge in [-0.2, -0.15) is 0 Å². The minimum absolute atomic E-state index is 0.172. The third-order valence-corrected chi connectivity index (χ3v) is 4.71. The van der Waals surface area contributed by atoms with E-state index in [4.69, 9.17) is 4.84 Å². The molecule has 1 aliphatic heterocycles. The van der Waals surface area contributed by atoms with Gasteiger partial charge in [0.05, 0.1) is 4.90 Å². The van der Waals surface area contributed by atoms with Crippen molar-refractivity contribution in [1.82, 2.24) is 5.06 Å². The molecule has 0 fully saturated rings. The fourth-order valence-electron chi connectivity index (χ4n) is 2.11. The Morgan fingerprint density at radius 1 is 1.00 bits per heavy atom. The molecule has 0 N–H and O–H groups in total. The molecule has 5 nitrogen and oxygen atoms in total. The lowest BCUT2D eigenvalue weighted by Crippen LogP contribution is -2.22. The molecule has 21 heavy (non-hydrogen) atoms. The van der Waals surface area contributed by atoms with E-state index in [2.05, 4.69) is 4.99 Å². The van der Waals surface area contributed by atoms with Gasteiger partial charge < -0.3 is 4.84 Å². The summed E-state index contributed by atoms with van der Waals surface area (Å²) >= 11 is 0. The summed E-state index contributed by atoms with van der Waals surface area (Å²) in [6.45, 7) is 0. The predicted molar refractivity (Wildman–Crippen MR) is 79.1 cm³/mol. The molecule has 0 aliphatic carbocycles. The van der Waals surface area contributed by atoms with Crippen molar-refractivity contribution in [3.63, 3.8) is 0 Å². The molecular formula is C15H14N2O3S. The van der Waals surface area contributed by atoms with Crippen molar-refractivity contribution < 1.29 is 13.3 Å². The normalized spacial score (nSPS) is 19.1. The summed E-state index contributed by atoms with van der Waals surface area (Å²) in [4.78, 5) is 9.73. The Hall–Kier alpha value is -2.18. The van der Waals surface area contributed by atoms with Crippen molar-refractivity contribution in [3.8, 4) is 0 Å². The van der Waals surface area contributed by atoms with Gasteiger partial charge in [-0.15, -0.1) is 5.06 Å². The summed E-state index contributed by atoms with van der Waals surface area (Å²) in [5.41, 5.74) is 0.873. The van der Waals surface area contributed by atoms with Gasteiger partial charge in [0, 0.05) is 7.05 Å². The minimum atomic E-state index is -3.73. The van der Waals surface area contributed by atoms with Crippen LogP contribution in [0.4, 0.5) is 0 Å². The zero-order valence-electron chi connectivity index (χ0n) is 11.4. The molecule has 0 bridgehead atoms. The first-order valence-corrected chi connectivity index (χ1v) is 7.91. The highest BCUT2D eigenvalue weighted by Gasteiger charge is 2.35. The monoisotopic (exact) mass is 302 g/mol. The van der Waals surface area contributed by atoms with Crippen LogP contribution in [0.15, 0.2) is 70.6 Å². The topological polar surface area (TPSA) is 59.0 Å². The van der Waals surface area contributed by atoms with Gasteiger partial charge in [0.1, 0.15) is 0 Å². The Kier molecular flexibility index (Phi) is 3.48. The van der Waals surface area contributed by atoms with Crippen molar-refractivity contribution >= 4 is 15.1 Å². The second kappa shape index (κ2) is 5.31. The van der Waals surface area contributed by atoms with Crippen LogP contribution in [0.2, 0.25) is 0 Å². The van der Waals surface area contributed by atoms with Gasteiger partial charge in [0.15, 0.2) is 6.17 Å². The molecule has 2 aromatic rings. The number of benzene rings is 2. The first-order valence-electron chi connectivity index (χ1n) is 6.43. The standard InChI is InChI=1S/C15H14N2O3S/c1-17-14(12-8-4-2-5-9-12)16-15(20-17)21(18,19)13-10-6-3-7-11-13/h2-11,14H,1H3. The lowest BCUT2D eigenvalue weighted by Gasteiger charge is -2.15. The van der Waals surface area contributed by atoms with Gasteiger partial charge in [0.2, 0.25) is 0 Å². The summed E-state index contributed by atoms with van der Waals surface area (Å²) in [7, 11) is -2.07. The number of hydrogen-bond donors (Lipinski definition) is 0. The highest BCUT2D eigenvalue weighted by molar-refractivity contribution is 8.06. The van der Waals surface area contributed by atoms with Crippen molar-refractivity contribution in [2.24, 2.45) is 4.99 Å². The number of hydrogen-bond acceptors (Lipinski definition) is 5. The summed E-state index contributed by atoms with van der Waals surface area (Å²) < 4.78 is 24.9. The van der Waals surface area contributed by atoms with Crippen LogP contribution in [0.1, 0.15) is 11.7 Å². The first-order chi connectivity index (χ1) is 10.1. The van der Waals surface area contributed by atoms with Crippen molar-refractivity contribution in [1.29, 1.82) is 0 Å². The third-order valence-electron chi connectivity index (χ3n) is 3.18. The van der Waals surface area contributed by atoms with Crippen molar-refractivity contribution in [2.45, 2.75) is 11.1 Å². The lowest BCUT2D eigenvalue weighted by atomic mass is 10.2. The van der Waals surface area contributed by atoms with Gasteiger partial charge in [0.25, 0.3) is 9.84 Å². The fraction of sp³-hybridized carbons (Fsp3) is 0.133. The van der Waals surface area contributed by atoms with E-state index in [9.17, 15) is 8.42 Å². The molecule has 3 rings (SSSR count). The van der Waals surface area contributed by atoms with E-state index in [1.807, 2.05) is 30.3 Å². The highest BCUT2D eigenvalue weighted by Crippen LogP contribution is 2.29. The summed E-state index contributed by atoms with van der Waals surface area (Å²) in [5, 5.41) is 1.16. The van der Waals surface area contributed by atoms with Crippen LogP contribution in [-0.4, -0.2) is 25.8 Å². The molecular weight excluding hydrogens is 288 g/mol. The molecule has 1 unspecified atom stereocenters. The van der Waals surface area contributed by atoms with Crippen LogP contribution >= 0.6 is 0 Å². The Morgan fingerprint density at radius 2 is 1.57 bits per heavy atom. The van der Waals surface area contributed by atoms with Crippen LogP contribution in [-0.2, 0) is 14.7 Å². The van der Waals surface area contributed by atoms with Crippen molar-refractivity contribution in [2.75, 3.05) is 7.05 Å². The number of sulfone groups is 1. The van der Waals surface area contributed by atoms with Crippen LogP contribution in [0, 0.1) is 0 Å². The molecule has 2 aromatic carbocycles. The van der Waals surface area contributed by atoms with Crippen LogP contribution in [0.3, 0.4) is 0 Å². The average Bonchev–Trinajstić information content (AvgIpc) is 2.92. The maximum atomic E-state index is 12.5. The molecule has 0 saturated heterocycles. The van der Waals surface area contributed by atoms with Gasteiger partial charge in [-0.3, -0.25) is 0 Å². The molecule has 1 aliphatic rings. The van der Waals surface area contributed by atoms with Gasteiger partial charge in [-0.05, 0) is 17.7 Å². The summed E-state index contributed by atoms with van der Waals surface area (Å²) in [5.74, 6) is 0. The predicted octanol–water partition coefficient (Wildman–Crippen LogP) is 2.39. The van der Waals surface area contributed by atoms with E-state index in [1.165, 1.54) is 17.2 Å². The molecule has 0 spiro atoms. The van der Waals surface area contributed by atoms with Gasteiger partial charge >= 0.3 is 5.23 Å². The second-order valence-electron chi connectivity index (χ2n) is 4.63. The molecule has 0 radical (unpaired) electrons. The Bertz CT molecular complexity index is 758. The van der Waals surface area contributed by atoms with Gasteiger partial charge in [-0.25, -0.2) is 13.4 Å². The quantitative estimate of drug-likeness (QED) is 0.854. The van der Waals surface area contributed by atoms with E-state index in [0.717, 1.165) is 5.56 Å². The fourth-order valence-corrected chi connectivity index (χ4v) is 3.28. The van der Waals surface area contributed by atoms with E-state index in [-0.39, 0.29) is 10.1 Å². The molecule has 0 amide bonds. The average molecular weight is 302 g/mol. The second-order valence-corrected chi connectivity index (χ2v) is 6.46. The molecule has 1 heterocycles. The summed E-state index contributed by atoms with van der Waals surface area (Å²) in [6, 6.07) is 17.6. The molecule has 6 heteroatoms. The number of hydroxylamine groups is 2. The molecule has 0 saturated carbocycles. The maximum Gasteiger partial charge on any atom is 0.333 e. The molecule has 108 valence electrons. The Morgan fingerprint density at radius 3 is 2.19 bits per heavy atom. The Balaban J connectivity index is 1.98. The van der Waals surface area contributed by atoms with Crippen molar-refractivity contribution in [3.05, 3.63) is 66.2 Å². The Labute approximate surface area is 123 Å². The smallest absolute Gasteiger partial charge is 0.333 e. The first kappa shape index (κ1) is 13.8.